The van der Waals surface area contributed by atoms with Crippen LogP contribution in [0.25, 0.3) is 0 Å². The number of hydrogen-bond acceptors (Lipinski definition) is 5. The Balaban J connectivity index is 2.66. The SMILES string of the molecule is C[N+](C)(C)C(Cc1cnc(SCC(N)C(=O)O)[nH]1)C(=O)O. The Morgan fingerprint density at radius 2 is 2.00 bits per heavy atom. The Morgan fingerprint density at radius 3 is 2.48 bits per heavy atom. The molecule has 0 saturated heterocycles. The molecule has 0 saturated carbocycles. The number of carbonyl (C=O) groups is 2. The molecule has 0 aliphatic carbocycles. The highest BCUT2D eigenvalue weighted by molar-refractivity contribution is 7.99. The Hall–Kier alpha value is -1.58. The zero-order valence-electron chi connectivity index (χ0n) is 12.2. The van der Waals surface area contributed by atoms with E-state index in [4.69, 9.17) is 10.8 Å². The summed E-state index contributed by atoms with van der Waals surface area (Å²) in [6, 6.07) is -1.55. The molecule has 8 nitrogen and oxygen atoms in total. The predicted molar refractivity (Wildman–Crippen MR) is 78.1 cm³/mol. The summed E-state index contributed by atoms with van der Waals surface area (Å²) >= 11 is 1.20. The lowest BCUT2D eigenvalue weighted by Crippen LogP contribution is -2.51. The van der Waals surface area contributed by atoms with Crippen molar-refractivity contribution in [1.29, 1.82) is 0 Å². The first-order valence-corrected chi connectivity index (χ1v) is 7.28. The van der Waals surface area contributed by atoms with Crippen LogP contribution < -0.4 is 5.73 Å². The standard InChI is InChI=1S/C12H20N4O4S/c1-16(2,3)9(11(19)20)4-7-5-14-12(15-7)21-6-8(13)10(17)18/h5,8-9H,4,6,13H2,1-3H3,(H2-,14,15,17,18,19,20)/p+1. The second-order valence-corrected chi connectivity index (χ2v) is 6.65. The normalized spacial score (nSPS) is 14.7. The number of imidazole rings is 1. The third-order valence-electron chi connectivity index (χ3n) is 2.96. The van der Waals surface area contributed by atoms with E-state index >= 15 is 0 Å². The Bertz CT molecular complexity index is 512. The van der Waals surface area contributed by atoms with E-state index in [9.17, 15) is 14.7 Å². The average molecular weight is 317 g/mol. The number of carboxylic acids is 2. The number of quaternary nitrogens is 1. The number of nitrogens with one attached hydrogen (secondary N) is 1. The first-order chi connectivity index (χ1) is 9.61. The second kappa shape index (κ2) is 6.92. The minimum absolute atomic E-state index is 0.194. The van der Waals surface area contributed by atoms with Crippen LogP contribution in [-0.4, -0.2) is 75.6 Å². The molecular weight excluding hydrogens is 296 g/mol. The number of rotatable bonds is 8. The maximum absolute atomic E-state index is 11.3. The Kier molecular flexibility index (Phi) is 5.76. The van der Waals surface area contributed by atoms with Crippen molar-refractivity contribution in [2.45, 2.75) is 23.7 Å². The van der Waals surface area contributed by atoms with E-state index in [0.29, 0.717) is 21.8 Å². The number of likely N-dealkylation sites (N-methyl/N-ethyl adjacent to an activating group) is 1. The minimum atomic E-state index is -1.06. The van der Waals surface area contributed by atoms with Crippen LogP contribution in [0.2, 0.25) is 0 Å². The van der Waals surface area contributed by atoms with Crippen molar-refractivity contribution in [3.63, 3.8) is 0 Å². The van der Waals surface area contributed by atoms with Gasteiger partial charge in [-0.3, -0.25) is 4.79 Å². The molecule has 1 heterocycles. The van der Waals surface area contributed by atoms with Gasteiger partial charge in [-0.2, -0.15) is 0 Å². The van der Waals surface area contributed by atoms with Gasteiger partial charge in [-0.05, 0) is 0 Å². The lowest BCUT2D eigenvalue weighted by Gasteiger charge is -2.30. The Morgan fingerprint density at radius 1 is 1.38 bits per heavy atom. The molecule has 2 atom stereocenters. The highest BCUT2D eigenvalue weighted by Crippen LogP contribution is 2.17. The molecule has 1 rings (SSSR count). The van der Waals surface area contributed by atoms with Gasteiger partial charge < -0.3 is 25.4 Å². The van der Waals surface area contributed by atoms with Crippen molar-refractivity contribution < 1.29 is 24.3 Å². The molecule has 0 amide bonds. The minimum Gasteiger partial charge on any atom is -0.480 e. The fourth-order valence-corrected chi connectivity index (χ4v) is 2.47. The summed E-state index contributed by atoms with van der Waals surface area (Å²) in [6.07, 6.45) is 1.89. The fraction of sp³-hybridized carbons (Fsp3) is 0.583. The monoisotopic (exact) mass is 317 g/mol. The van der Waals surface area contributed by atoms with Gasteiger partial charge in [0, 0.05) is 17.6 Å². The largest absolute Gasteiger partial charge is 0.480 e. The van der Waals surface area contributed by atoms with Gasteiger partial charge in [0.05, 0.1) is 27.6 Å². The first-order valence-electron chi connectivity index (χ1n) is 6.30. The molecular formula is C12H21N4O4S+. The Labute approximate surface area is 126 Å². The summed E-state index contributed by atoms with van der Waals surface area (Å²) in [5, 5.41) is 18.5. The van der Waals surface area contributed by atoms with Crippen molar-refractivity contribution in [3.8, 4) is 0 Å². The average Bonchev–Trinajstić information content (AvgIpc) is 2.78. The molecule has 1 aromatic rings. The quantitative estimate of drug-likeness (QED) is 0.380. The smallest absolute Gasteiger partial charge is 0.362 e. The highest BCUT2D eigenvalue weighted by Gasteiger charge is 2.32. The highest BCUT2D eigenvalue weighted by atomic mass is 32.2. The molecule has 0 aromatic carbocycles. The number of H-pyrrole nitrogens is 1. The molecule has 0 fully saturated rings. The number of nitrogens with zero attached hydrogens (tertiary/aromatic N) is 2. The molecule has 0 bridgehead atoms. The van der Waals surface area contributed by atoms with Gasteiger partial charge in [0.1, 0.15) is 6.04 Å². The molecule has 0 aliphatic heterocycles. The van der Waals surface area contributed by atoms with Crippen molar-refractivity contribution in [1.82, 2.24) is 9.97 Å². The van der Waals surface area contributed by atoms with E-state index in [2.05, 4.69) is 9.97 Å². The number of aromatic nitrogens is 2. The molecule has 0 spiro atoms. The number of carboxylic acid groups (broad SMARTS) is 2. The van der Waals surface area contributed by atoms with E-state index in [-0.39, 0.29) is 5.75 Å². The number of thioether (sulfide) groups is 1. The summed E-state index contributed by atoms with van der Waals surface area (Å²) in [7, 11) is 5.45. The molecule has 118 valence electrons. The van der Waals surface area contributed by atoms with Crippen LogP contribution in [0.1, 0.15) is 5.69 Å². The van der Waals surface area contributed by atoms with Crippen LogP contribution in [0.15, 0.2) is 11.4 Å². The summed E-state index contributed by atoms with van der Waals surface area (Å²) in [5.74, 6) is -1.75. The van der Waals surface area contributed by atoms with Crippen LogP contribution in [0.4, 0.5) is 0 Å². The van der Waals surface area contributed by atoms with Crippen molar-refractivity contribution >= 4 is 23.7 Å². The topological polar surface area (TPSA) is 129 Å². The molecule has 1 aromatic heterocycles. The molecule has 5 N–H and O–H groups in total. The molecule has 0 aliphatic rings. The van der Waals surface area contributed by atoms with Crippen LogP contribution in [-0.2, 0) is 16.0 Å². The van der Waals surface area contributed by atoms with Gasteiger partial charge >= 0.3 is 11.9 Å². The van der Waals surface area contributed by atoms with Gasteiger partial charge in [0.2, 0.25) is 0 Å². The number of hydrogen-bond donors (Lipinski definition) is 4. The van der Waals surface area contributed by atoms with E-state index in [1.807, 2.05) is 21.1 Å². The molecule has 9 heteroatoms. The van der Waals surface area contributed by atoms with Crippen LogP contribution in [0, 0.1) is 0 Å². The summed E-state index contributed by atoms with van der Waals surface area (Å²) in [6.45, 7) is 0. The lowest BCUT2D eigenvalue weighted by atomic mass is 10.1. The van der Waals surface area contributed by atoms with Crippen LogP contribution >= 0.6 is 11.8 Å². The van der Waals surface area contributed by atoms with Crippen molar-refractivity contribution in [2.75, 3.05) is 26.9 Å². The maximum atomic E-state index is 11.3. The lowest BCUT2D eigenvalue weighted by molar-refractivity contribution is -0.887. The summed E-state index contributed by atoms with van der Waals surface area (Å²) < 4.78 is 0.292. The molecule has 0 radical (unpaired) electrons. The van der Waals surface area contributed by atoms with Crippen LogP contribution in [0.5, 0.6) is 0 Å². The fourth-order valence-electron chi connectivity index (χ4n) is 1.66. The van der Waals surface area contributed by atoms with Gasteiger partial charge in [0.15, 0.2) is 11.2 Å². The second-order valence-electron chi connectivity index (χ2n) is 5.64. The number of aliphatic carboxylic acids is 2. The maximum Gasteiger partial charge on any atom is 0.362 e. The van der Waals surface area contributed by atoms with E-state index in [0.717, 1.165) is 0 Å². The summed E-state index contributed by atoms with van der Waals surface area (Å²) in [5.41, 5.74) is 6.10. The van der Waals surface area contributed by atoms with Gasteiger partial charge in [0.25, 0.3) is 0 Å². The van der Waals surface area contributed by atoms with Crippen molar-refractivity contribution in [2.24, 2.45) is 5.73 Å². The third-order valence-corrected chi connectivity index (χ3v) is 3.96. The molecule has 2 unspecified atom stereocenters. The van der Waals surface area contributed by atoms with Gasteiger partial charge in [-0.1, -0.05) is 11.8 Å². The van der Waals surface area contributed by atoms with E-state index in [1.165, 1.54) is 11.8 Å². The van der Waals surface area contributed by atoms with Gasteiger partial charge in [-0.25, -0.2) is 9.78 Å². The zero-order valence-corrected chi connectivity index (χ0v) is 13.1. The first kappa shape index (κ1) is 17.5. The van der Waals surface area contributed by atoms with E-state index in [1.54, 1.807) is 6.20 Å². The van der Waals surface area contributed by atoms with E-state index < -0.39 is 24.0 Å². The zero-order chi connectivity index (χ0) is 16.2. The number of nitrogens with two attached hydrogens (primary N) is 1. The molecule has 21 heavy (non-hydrogen) atoms. The van der Waals surface area contributed by atoms with Crippen molar-refractivity contribution in [3.05, 3.63) is 11.9 Å². The number of aromatic amines is 1. The third kappa shape index (κ3) is 5.37. The predicted octanol–water partition coefficient (Wildman–Crippen LogP) is -0.384. The van der Waals surface area contributed by atoms with Gasteiger partial charge in [-0.15, -0.1) is 0 Å². The van der Waals surface area contributed by atoms with Crippen LogP contribution in [0.3, 0.4) is 0 Å². The summed E-state index contributed by atoms with van der Waals surface area (Å²) in [4.78, 5) is 29.0.